The van der Waals surface area contributed by atoms with Crippen LogP contribution < -0.4 is 5.32 Å². The Bertz CT molecular complexity index is 610. The van der Waals surface area contributed by atoms with Gasteiger partial charge in [0.1, 0.15) is 6.04 Å². The average Bonchev–Trinajstić information content (AvgIpc) is 3.34. The molecule has 2 fully saturated rings. The van der Waals surface area contributed by atoms with Gasteiger partial charge in [0.05, 0.1) is 25.2 Å². The van der Waals surface area contributed by atoms with Crippen molar-refractivity contribution in [1.29, 1.82) is 0 Å². The van der Waals surface area contributed by atoms with Gasteiger partial charge in [-0.15, -0.1) is 0 Å². The molecule has 1 aromatic rings. The number of carbonyl (C=O) groups excluding carboxylic acids is 2. The van der Waals surface area contributed by atoms with Gasteiger partial charge in [-0.1, -0.05) is 19.3 Å². The van der Waals surface area contributed by atoms with E-state index in [1.165, 1.54) is 6.42 Å². The summed E-state index contributed by atoms with van der Waals surface area (Å²) in [6, 6.07) is -0.320. The largest absolute Gasteiger partial charge is 0.383 e. The fourth-order valence-electron chi connectivity index (χ4n) is 4.07. The highest BCUT2D eigenvalue weighted by atomic mass is 16.5. The normalized spacial score (nSPS) is 21.1. The lowest BCUT2D eigenvalue weighted by Gasteiger charge is -2.30. The fraction of sp³-hybridized carbons (Fsp3) is 0.737. The van der Waals surface area contributed by atoms with E-state index >= 15 is 0 Å². The molecule has 7 heteroatoms. The first kappa shape index (κ1) is 18.9. The van der Waals surface area contributed by atoms with E-state index in [1.807, 2.05) is 9.47 Å². The Labute approximate surface area is 155 Å². The van der Waals surface area contributed by atoms with E-state index in [0.29, 0.717) is 26.2 Å². The molecule has 1 unspecified atom stereocenters. The van der Waals surface area contributed by atoms with Gasteiger partial charge >= 0.3 is 0 Å². The van der Waals surface area contributed by atoms with Gasteiger partial charge in [-0.25, -0.2) is 4.98 Å². The summed E-state index contributed by atoms with van der Waals surface area (Å²) in [6.45, 7) is 2.44. The van der Waals surface area contributed by atoms with E-state index in [9.17, 15) is 9.59 Å². The molecule has 1 atom stereocenters. The molecule has 144 valence electrons. The molecular formula is C19H30N4O3. The number of amides is 2. The molecular weight excluding hydrogens is 332 g/mol. The predicted octanol–water partition coefficient (Wildman–Crippen LogP) is 1.72. The molecule has 2 heterocycles. The third-order valence-electron chi connectivity index (χ3n) is 5.57. The molecule has 1 aliphatic heterocycles. The van der Waals surface area contributed by atoms with Gasteiger partial charge in [0.25, 0.3) is 0 Å². The van der Waals surface area contributed by atoms with Crippen molar-refractivity contribution in [2.24, 2.45) is 5.92 Å². The van der Waals surface area contributed by atoms with Crippen molar-refractivity contribution < 1.29 is 14.3 Å². The maximum atomic E-state index is 12.8. The Hall–Kier alpha value is -1.89. The number of hydrogen-bond acceptors (Lipinski definition) is 4. The molecule has 2 aliphatic rings. The maximum Gasteiger partial charge on any atom is 0.243 e. The van der Waals surface area contributed by atoms with E-state index in [-0.39, 0.29) is 23.8 Å². The van der Waals surface area contributed by atoms with Crippen LogP contribution in [0.5, 0.6) is 0 Å². The first-order valence-corrected chi connectivity index (χ1v) is 9.77. The molecule has 0 aromatic carbocycles. The topological polar surface area (TPSA) is 76.5 Å². The number of nitrogens with zero attached hydrogens (tertiary/aromatic N) is 3. The molecule has 0 spiro atoms. The van der Waals surface area contributed by atoms with Crippen LogP contribution in [0.2, 0.25) is 0 Å². The van der Waals surface area contributed by atoms with Crippen LogP contribution in [0.25, 0.3) is 0 Å². The molecule has 1 saturated carbocycles. The van der Waals surface area contributed by atoms with E-state index in [2.05, 4.69) is 10.3 Å². The van der Waals surface area contributed by atoms with Crippen LogP contribution in [0.15, 0.2) is 12.5 Å². The Balaban J connectivity index is 1.55. The third-order valence-corrected chi connectivity index (χ3v) is 5.57. The van der Waals surface area contributed by atoms with Crippen LogP contribution >= 0.6 is 0 Å². The van der Waals surface area contributed by atoms with Crippen LogP contribution in [0.4, 0.5) is 0 Å². The van der Waals surface area contributed by atoms with Gasteiger partial charge in [-0.3, -0.25) is 9.59 Å². The summed E-state index contributed by atoms with van der Waals surface area (Å²) in [5.41, 5.74) is 0.943. The monoisotopic (exact) mass is 362 g/mol. The quantitative estimate of drug-likeness (QED) is 0.801. The minimum Gasteiger partial charge on any atom is -0.383 e. The standard InChI is InChI=1S/C19H30N4O3/c1-26-11-10-22-14-20-12-16(22)13-21-18(24)17-8-5-9-23(17)19(25)15-6-3-2-4-7-15/h12,14-15,17H,2-11,13H2,1H3,(H,21,24). The number of likely N-dealkylation sites (tertiary alicyclic amines) is 1. The number of carbonyl (C=O) groups is 2. The SMILES string of the molecule is COCCn1cncc1CNC(=O)C1CCCN1C(=O)C1CCCCC1. The molecule has 2 amide bonds. The lowest BCUT2D eigenvalue weighted by atomic mass is 9.88. The number of ether oxygens (including phenoxy) is 1. The summed E-state index contributed by atoms with van der Waals surface area (Å²) >= 11 is 0. The number of methoxy groups -OCH3 is 1. The van der Waals surface area contributed by atoms with Crippen molar-refractivity contribution in [2.75, 3.05) is 20.3 Å². The molecule has 1 N–H and O–H groups in total. The number of aromatic nitrogens is 2. The predicted molar refractivity (Wildman–Crippen MR) is 97.3 cm³/mol. The summed E-state index contributed by atoms with van der Waals surface area (Å²) in [5, 5.41) is 3.00. The van der Waals surface area contributed by atoms with Gasteiger partial charge in [-0.2, -0.15) is 0 Å². The Morgan fingerprint density at radius 1 is 1.23 bits per heavy atom. The number of imidazole rings is 1. The summed E-state index contributed by atoms with van der Waals surface area (Å²) in [5.74, 6) is 0.256. The molecule has 0 bridgehead atoms. The van der Waals surface area contributed by atoms with Gasteiger partial charge in [-0.05, 0) is 25.7 Å². The number of nitrogens with one attached hydrogen (secondary N) is 1. The van der Waals surface area contributed by atoms with E-state index in [4.69, 9.17) is 4.74 Å². The maximum absolute atomic E-state index is 12.8. The zero-order chi connectivity index (χ0) is 18.4. The lowest BCUT2D eigenvalue weighted by Crippen LogP contribution is -2.48. The molecule has 26 heavy (non-hydrogen) atoms. The van der Waals surface area contributed by atoms with Crippen molar-refractivity contribution in [3.63, 3.8) is 0 Å². The molecule has 1 saturated heterocycles. The van der Waals surface area contributed by atoms with Gasteiger partial charge in [0.2, 0.25) is 11.8 Å². The Kier molecular flexibility index (Phi) is 6.66. The van der Waals surface area contributed by atoms with Gasteiger partial charge < -0.3 is 19.5 Å². The van der Waals surface area contributed by atoms with Gasteiger partial charge in [0, 0.05) is 32.3 Å². The fourth-order valence-corrected chi connectivity index (χ4v) is 4.07. The van der Waals surface area contributed by atoms with Crippen molar-refractivity contribution >= 4 is 11.8 Å². The highest BCUT2D eigenvalue weighted by molar-refractivity contribution is 5.89. The van der Waals surface area contributed by atoms with Crippen molar-refractivity contribution in [2.45, 2.75) is 64.1 Å². The first-order valence-electron chi connectivity index (χ1n) is 9.77. The Morgan fingerprint density at radius 3 is 2.81 bits per heavy atom. The van der Waals surface area contributed by atoms with Crippen molar-refractivity contribution in [3.05, 3.63) is 18.2 Å². The van der Waals surface area contributed by atoms with E-state index in [0.717, 1.165) is 44.2 Å². The second-order valence-corrected chi connectivity index (χ2v) is 7.31. The van der Waals surface area contributed by atoms with Crippen LogP contribution in [-0.4, -0.2) is 52.6 Å². The summed E-state index contributed by atoms with van der Waals surface area (Å²) < 4.78 is 7.07. The van der Waals surface area contributed by atoms with Crippen LogP contribution in [0, 0.1) is 5.92 Å². The summed E-state index contributed by atoms with van der Waals surface area (Å²) in [7, 11) is 1.66. The van der Waals surface area contributed by atoms with E-state index < -0.39 is 0 Å². The highest BCUT2D eigenvalue weighted by Gasteiger charge is 2.37. The number of hydrogen-bond donors (Lipinski definition) is 1. The average molecular weight is 362 g/mol. The zero-order valence-electron chi connectivity index (χ0n) is 15.7. The van der Waals surface area contributed by atoms with Crippen LogP contribution in [0.3, 0.4) is 0 Å². The van der Waals surface area contributed by atoms with Crippen molar-refractivity contribution in [3.8, 4) is 0 Å². The second kappa shape index (κ2) is 9.16. The number of rotatable bonds is 7. The molecule has 3 rings (SSSR count). The smallest absolute Gasteiger partial charge is 0.243 e. The zero-order valence-corrected chi connectivity index (χ0v) is 15.7. The second-order valence-electron chi connectivity index (χ2n) is 7.31. The molecule has 1 aromatic heterocycles. The minimum atomic E-state index is -0.320. The van der Waals surface area contributed by atoms with E-state index in [1.54, 1.807) is 19.6 Å². The Morgan fingerprint density at radius 2 is 2.04 bits per heavy atom. The van der Waals surface area contributed by atoms with Gasteiger partial charge in [0.15, 0.2) is 0 Å². The van der Waals surface area contributed by atoms with Crippen molar-refractivity contribution in [1.82, 2.24) is 19.8 Å². The lowest BCUT2D eigenvalue weighted by molar-refractivity contribution is -0.142. The molecule has 0 radical (unpaired) electrons. The molecule has 7 nitrogen and oxygen atoms in total. The highest BCUT2D eigenvalue weighted by Crippen LogP contribution is 2.28. The summed E-state index contributed by atoms with van der Waals surface area (Å²) in [6.07, 6.45) is 10.6. The minimum absolute atomic E-state index is 0.0499. The first-order chi connectivity index (χ1) is 12.7. The van der Waals surface area contributed by atoms with Crippen LogP contribution in [-0.2, 0) is 27.4 Å². The third kappa shape index (κ3) is 4.44. The summed E-state index contributed by atoms with van der Waals surface area (Å²) in [4.78, 5) is 31.5. The van der Waals surface area contributed by atoms with Crippen LogP contribution in [0.1, 0.15) is 50.6 Å². The molecule has 1 aliphatic carbocycles.